The van der Waals surface area contributed by atoms with E-state index in [9.17, 15) is 9.00 Å². The number of rotatable bonds is 6. The van der Waals surface area contributed by atoms with Gasteiger partial charge < -0.3 is 15.7 Å². The number of fused-ring (bicyclic) bond motifs is 2. The van der Waals surface area contributed by atoms with Gasteiger partial charge in [0.25, 0.3) is 0 Å². The second-order valence-electron chi connectivity index (χ2n) is 7.61. The van der Waals surface area contributed by atoms with E-state index in [1.807, 2.05) is 12.1 Å². The quantitative estimate of drug-likeness (QED) is 0.433. The van der Waals surface area contributed by atoms with E-state index in [2.05, 4.69) is 21.1 Å². The Bertz CT molecular complexity index is 980. The van der Waals surface area contributed by atoms with Crippen LogP contribution < -0.4 is 10.6 Å². The Balaban J connectivity index is 1.53. The van der Waals surface area contributed by atoms with Crippen molar-refractivity contribution in [1.29, 1.82) is 0 Å². The van der Waals surface area contributed by atoms with Crippen molar-refractivity contribution >= 4 is 22.3 Å². The van der Waals surface area contributed by atoms with Crippen molar-refractivity contribution in [3.63, 3.8) is 0 Å². The molecule has 7 heteroatoms. The van der Waals surface area contributed by atoms with Crippen molar-refractivity contribution in [2.45, 2.75) is 50.0 Å². The Kier molecular flexibility index (Phi) is 6.28. The SMILES string of the molecule is O=C(/N=[SH](=O)/c1cccc(CNCCO)c1)Nc1c2c(cc3c1CCC3)CCC2. The number of amides is 2. The summed E-state index contributed by atoms with van der Waals surface area (Å²) in [4.78, 5) is 13.1. The zero-order valence-electron chi connectivity index (χ0n) is 16.4. The summed E-state index contributed by atoms with van der Waals surface area (Å²) in [6, 6.07) is 9.01. The van der Waals surface area contributed by atoms with Crippen LogP contribution in [0.5, 0.6) is 0 Å². The second-order valence-corrected chi connectivity index (χ2v) is 8.87. The lowest BCUT2D eigenvalue weighted by Crippen LogP contribution is -2.17. The van der Waals surface area contributed by atoms with E-state index in [0.29, 0.717) is 18.0 Å². The molecule has 0 bridgehead atoms. The van der Waals surface area contributed by atoms with Crippen LogP contribution in [-0.2, 0) is 42.8 Å². The molecule has 1 atom stereocenters. The number of aryl methyl sites for hydroxylation is 2. The summed E-state index contributed by atoms with van der Waals surface area (Å²) in [7, 11) is -2.17. The average molecular weight is 414 g/mol. The second kappa shape index (κ2) is 9.07. The topological polar surface area (TPSA) is 90.8 Å². The van der Waals surface area contributed by atoms with E-state index in [4.69, 9.17) is 5.11 Å². The number of nitrogens with zero attached hydrogens (tertiary/aromatic N) is 1. The molecular formula is C22H27N3O3S. The van der Waals surface area contributed by atoms with Gasteiger partial charge in [-0.3, -0.25) is 0 Å². The largest absolute Gasteiger partial charge is 0.395 e. The zero-order chi connectivity index (χ0) is 20.2. The van der Waals surface area contributed by atoms with Gasteiger partial charge in [0.1, 0.15) is 0 Å². The third kappa shape index (κ3) is 4.52. The molecule has 29 heavy (non-hydrogen) atoms. The summed E-state index contributed by atoms with van der Waals surface area (Å²) < 4.78 is 16.6. The van der Waals surface area contributed by atoms with Crippen LogP contribution >= 0.6 is 0 Å². The van der Waals surface area contributed by atoms with E-state index in [1.54, 1.807) is 12.1 Å². The van der Waals surface area contributed by atoms with E-state index in [1.165, 1.54) is 22.3 Å². The van der Waals surface area contributed by atoms with Crippen molar-refractivity contribution < 1.29 is 14.1 Å². The normalized spacial score (nSPS) is 15.9. The lowest BCUT2D eigenvalue weighted by molar-refractivity contribution is 0.260. The molecule has 2 aliphatic rings. The maximum Gasteiger partial charge on any atom is 0.353 e. The van der Waals surface area contributed by atoms with Crippen LogP contribution in [0.25, 0.3) is 0 Å². The Morgan fingerprint density at radius 2 is 1.79 bits per heavy atom. The minimum Gasteiger partial charge on any atom is -0.395 e. The van der Waals surface area contributed by atoms with Crippen LogP contribution in [0.2, 0.25) is 0 Å². The number of aliphatic hydroxyl groups excluding tert-OH is 1. The van der Waals surface area contributed by atoms with Gasteiger partial charge in [-0.1, -0.05) is 18.2 Å². The molecule has 0 spiro atoms. The predicted molar refractivity (Wildman–Crippen MR) is 115 cm³/mol. The molecule has 0 aliphatic heterocycles. The lowest BCUT2D eigenvalue weighted by atomic mass is 9.99. The first kappa shape index (κ1) is 20.1. The molecule has 154 valence electrons. The summed E-state index contributed by atoms with van der Waals surface area (Å²) in [5, 5.41) is 14.9. The standard InChI is InChI=1S/C22H27N3O3S/c26-11-10-23-14-15-4-1-7-18(12-15)29(28)25-22(27)24-21-19-8-2-5-16(19)13-17-6-3-9-20(17)21/h1,4,7,12-13,23,26,29H,2-3,5-6,8-11,14H2,(H,24,27). The van der Waals surface area contributed by atoms with Gasteiger partial charge in [-0.15, -0.1) is 4.36 Å². The summed E-state index contributed by atoms with van der Waals surface area (Å²) in [5.41, 5.74) is 7.02. The van der Waals surface area contributed by atoms with Crippen LogP contribution in [0.3, 0.4) is 0 Å². The first-order chi connectivity index (χ1) is 14.2. The summed E-state index contributed by atoms with van der Waals surface area (Å²) >= 11 is 0. The molecule has 2 amide bonds. The number of benzene rings is 2. The number of carbonyl (C=O) groups is 1. The molecule has 6 nitrogen and oxygen atoms in total. The molecule has 2 aromatic rings. The molecule has 0 radical (unpaired) electrons. The molecule has 0 aromatic heterocycles. The van der Waals surface area contributed by atoms with Gasteiger partial charge in [0.05, 0.1) is 17.2 Å². The van der Waals surface area contributed by atoms with Crippen molar-refractivity contribution in [3.05, 3.63) is 58.1 Å². The number of anilines is 1. The van der Waals surface area contributed by atoms with Crippen LogP contribution in [0.15, 0.2) is 39.6 Å². The van der Waals surface area contributed by atoms with Crippen LogP contribution in [0, 0.1) is 0 Å². The molecule has 0 saturated carbocycles. The molecular weight excluding hydrogens is 386 g/mol. The highest BCUT2D eigenvalue weighted by Gasteiger charge is 2.24. The Hall–Kier alpha value is -2.22. The maximum atomic E-state index is 12.7. The van der Waals surface area contributed by atoms with Gasteiger partial charge in [0.2, 0.25) is 0 Å². The predicted octanol–water partition coefficient (Wildman–Crippen LogP) is 3.00. The summed E-state index contributed by atoms with van der Waals surface area (Å²) in [5.74, 6) is 0. The van der Waals surface area contributed by atoms with Crippen LogP contribution in [-0.4, -0.2) is 28.5 Å². The number of thiol groups is 1. The van der Waals surface area contributed by atoms with Crippen molar-refractivity contribution in [1.82, 2.24) is 5.32 Å². The first-order valence-corrected chi connectivity index (χ1v) is 11.4. The van der Waals surface area contributed by atoms with E-state index in [-0.39, 0.29) is 6.61 Å². The van der Waals surface area contributed by atoms with Gasteiger partial charge in [0.15, 0.2) is 0 Å². The molecule has 4 rings (SSSR count). The number of aliphatic hydroxyl groups is 1. The minimum atomic E-state index is -2.17. The van der Waals surface area contributed by atoms with Crippen molar-refractivity contribution in [3.8, 4) is 0 Å². The fourth-order valence-electron chi connectivity index (χ4n) is 4.34. The molecule has 2 aromatic carbocycles. The van der Waals surface area contributed by atoms with E-state index >= 15 is 0 Å². The molecule has 3 N–H and O–H groups in total. The Labute approximate surface area is 172 Å². The van der Waals surface area contributed by atoms with Crippen molar-refractivity contribution in [2.75, 3.05) is 18.5 Å². The molecule has 0 fully saturated rings. The fraction of sp³-hybridized carbons (Fsp3) is 0.409. The molecule has 0 heterocycles. The van der Waals surface area contributed by atoms with Gasteiger partial charge in [-0.2, -0.15) is 0 Å². The average Bonchev–Trinajstić information content (AvgIpc) is 3.37. The zero-order valence-corrected chi connectivity index (χ0v) is 17.3. The maximum absolute atomic E-state index is 12.7. The van der Waals surface area contributed by atoms with E-state index < -0.39 is 16.6 Å². The van der Waals surface area contributed by atoms with Crippen molar-refractivity contribution in [2.24, 2.45) is 4.36 Å². The number of carbonyl (C=O) groups excluding carboxylic acids is 1. The molecule has 2 aliphatic carbocycles. The number of nitrogens with one attached hydrogen (secondary N) is 2. The van der Waals surface area contributed by atoms with Gasteiger partial charge in [-0.25, -0.2) is 9.00 Å². The highest BCUT2D eigenvalue weighted by atomic mass is 32.2. The van der Waals surface area contributed by atoms with Gasteiger partial charge in [0, 0.05) is 23.7 Å². The van der Waals surface area contributed by atoms with Crippen LogP contribution in [0.4, 0.5) is 10.5 Å². The molecule has 0 saturated heterocycles. The Morgan fingerprint density at radius 3 is 2.48 bits per heavy atom. The lowest BCUT2D eigenvalue weighted by Gasteiger charge is -2.14. The molecule has 1 unspecified atom stereocenters. The number of hydrogen-bond acceptors (Lipinski definition) is 4. The highest BCUT2D eigenvalue weighted by molar-refractivity contribution is 7.75. The monoisotopic (exact) mass is 413 g/mol. The summed E-state index contributed by atoms with van der Waals surface area (Å²) in [6.07, 6.45) is 6.32. The Morgan fingerprint density at radius 1 is 1.07 bits per heavy atom. The smallest absolute Gasteiger partial charge is 0.353 e. The number of hydrogen-bond donors (Lipinski definition) is 4. The number of urea groups is 1. The van der Waals surface area contributed by atoms with Gasteiger partial charge >= 0.3 is 6.03 Å². The van der Waals surface area contributed by atoms with E-state index in [0.717, 1.165) is 49.8 Å². The third-order valence-corrected chi connectivity index (χ3v) is 6.72. The first-order valence-electron chi connectivity index (χ1n) is 10.2. The summed E-state index contributed by atoms with van der Waals surface area (Å²) in [6.45, 7) is 1.12. The van der Waals surface area contributed by atoms with Crippen LogP contribution in [0.1, 0.15) is 40.7 Å². The fourth-order valence-corrected chi connectivity index (χ4v) is 5.16. The van der Waals surface area contributed by atoms with Gasteiger partial charge in [-0.05, 0) is 78.5 Å². The minimum absolute atomic E-state index is 0.0658. The third-order valence-electron chi connectivity index (χ3n) is 5.64. The highest BCUT2D eigenvalue weighted by Crippen LogP contribution is 2.38.